The molecular formula is C8H16N2O3. The van der Waals surface area contributed by atoms with Crippen molar-refractivity contribution in [3.8, 4) is 0 Å². The van der Waals surface area contributed by atoms with E-state index in [0.29, 0.717) is 13.2 Å². The lowest BCUT2D eigenvalue weighted by Gasteiger charge is -2.33. The Labute approximate surface area is 77.9 Å². The average Bonchev–Trinajstić information content (AvgIpc) is 2.18. The minimum Gasteiger partial charge on any atom is -0.378 e. The van der Waals surface area contributed by atoms with Crippen molar-refractivity contribution >= 4 is 5.91 Å². The van der Waals surface area contributed by atoms with E-state index in [4.69, 9.17) is 4.74 Å². The van der Waals surface area contributed by atoms with E-state index in [9.17, 15) is 4.79 Å². The summed E-state index contributed by atoms with van der Waals surface area (Å²) in [6.07, 6.45) is 0. The summed E-state index contributed by atoms with van der Waals surface area (Å²) in [5, 5.41) is 0. The van der Waals surface area contributed by atoms with E-state index in [1.54, 1.807) is 0 Å². The van der Waals surface area contributed by atoms with Crippen molar-refractivity contribution in [3.05, 3.63) is 0 Å². The molecule has 1 N–H and O–H groups in total. The molecule has 1 fully saturated rings. The number of ether oxygens (including phenoxy) is 1. The Morgan fingerprint density at radius 2 is 2.54 bits per heavy atom. The number of likely N-dealkylation sites (N-methyl/N-ethyl adjacent to an activating group) is 1. The van der Waals surface area contributed by atoms with E-state index in [1.165, 1.54) is 7.11 Å². The number of morpholine rings is 1. The fourth-order valence-corrected chi connectivity index (χ4v) is 1.43. The molecule has 0 radical (unpaired) electrons. The molecule has 0 spiro atoms. The van der Waals surface area contributed by atoms with Crippen LogP contribution in [-0.4, -0.2) is 50.3 Å². The number of hydrogen-bond acceptors (Lipinski definition) is 4. The maximum absolute atomic E-state index is 11.4. The standard InChI is InChI=1S/C8H16N2O3/c1-3-10-4-5-13-6-7(10)8(11)9-12-2/h7H,3-6H2,1-2H3,(H,9,11). The molecule has 0 aromatic rings. The van der Waals surface area contributed by atoms with Crippen LogP contribution in [0, 0.1) is 0 Å². The van der Waals surface area contributed by atoms with Crippen LogP contribution < -0.4 is 5.48 Å². The van der Waals surface area contributed by atoms with E-state index in [1.807, 2.05) is 6.92 Å². The Hall–Kier alpha value is -0.650. The summed E-state index contributed by atoms with van der Waals surface area (Å²) in [5.41, 5.74) is 2.32. The summed E-state index contributed by atoms with van der Waals surface area (Å²) in [7, 11) is 1.43. The fourth-order valence-electron chi connectivity index (χ4n) is 1.43. The molecule has 76 valence electrons. The number of nitrogens with one attached hydrogen (secondary N) is 1. The van der Waals surface area contributed by atoms with Crippen molar-refractivity contribution in [1.82, 2.24) is 10.4 Å². The van der Waals surface area contributed by atoms with Crippen molar-refractivity contribution < 1.29 is 14.4 Å². The van der Waals surface area contributed by atoms with Gasteiger partial charge in [-0.1, -0.05) is 6.92 Å². The Balaban J connectivity index is 2.48. The van der Waals surface area contributed by atoms with Crippen LogP contribution in [0.4, 0.5) is 0 Å². The summed E-state index contributed by atoms with van der Waals surface area (Å²) >= 11 is 0. The van der Waals surface area contributed by atoms with Crippen LogP contribution >= 0.6 is 0 Å². The SMILES string of the molecule is CCN1CCOCC1C(=O)NOC. The second-order valence-electron chi connectivity index (χ2n) is 2.89. The second kappa shape index (κ2) is 5.16. The van der Waals surface area contributed by atoms with E-state index in [0.717, 1.165) is 13.1 Å². The summed E-state index contributed by atoms with van der Waals surface area (Å²) in [4.78, 5) is 18.0. The number of carbonyl (C=O) groups excluding carboxylic acids is 1. The molecule has 1 aliphatic heterocycles. The Bertz CT molecular complexity index is 175. The molecule has 13 heavy (non-hydrogen) atoms. The number of rotatable bonds is 3. The maximum atomic E-state index is 11.4. The third-order valence-corrected chi connectivity index (χ3v) is 2.15. The molecule has 1 unspecified atom stereocenters. The largest absolute Gasteiger partial charge is 0.378 e. The van der Waals surface area contributed by atoms with Crippen LogP contribution in [0.2, 0.25) is 0 Å². The second-order valence-corrected chi connectivity index (χ2v) is 2.89. The molecule has 1 saturated heterocycles. The monoisotopic (exact) mass is 188 g/mol. The number of hydroxylamine groups is 1. The van der Waals surface area contributed by atoms with Crippen molar-refractivity contribution in [1.29, 1.82) is 0 Å². The normalized spacial score (nSPS) is 24.3. The van der Waals surface area contributed by atoms with Gasteiger partial charge in [0.15, 0.2) is 0 Å². The highest BCUT2D eigenvalue weighted by Gasteiger charge is 2.27. The first-order chi connectivity index (χ1) is 6.29. The van der Waals surface area contributed by atoms with Gasteiger partial charge in [0, 0.05) is 6.54 Å². The van der Waals surface area contributed by atoms with Gasteiger partial charge in [-0.15, -0.1) is 0 Å². The third kappa shape index (κ3) is 2.65. The van der Waals surface area contributed by atoms with Crippen LogP contribution in [0.1, 0.15) is 6.92 Å². The number of carbonyl (C=O) groups is 1. The zero-order valence-electron chi connectivity index (χ0n) is 8.08. The van der Waals surface area contributed by atoms with Crippen LogP contribution in [0.5, 0.6) is 0 Å². The highest BCUT2D eigenvalue weighted by molar-refractivity contribution is 5.81. The predicted molar refractivity (Wildman–Crippen MR) is 47.0 cm³/mol. The molecule has 0 bridgehead atoms. The van der Waals surface area contributed by atoms with Crippen molar-refractivity contribution in [2.75, 3.05) is 33.4 Å². The van der Waals surface area contributed by atoms with Gasteiger partial charge in [-0.3, -0.25) is 14.5 Å². The highest BCUT2D eigenvalue weighted by atomic mass is 16.6. The topological polar surface area (TPSA) is 50.8 Å². The first kappa shape index (κ1) is 10.4. The average molecular weight is 188 g/mol. The maximum Gasteiger partial charge on any atom is 0.263 e. The molecule has 1 aliphatic rings. The molecule has 0 aromatic heterocycles. The Kier molecular flexibility index (Phi) is 4.14. The minimum atomic E-state index is -0.210. The quantitative estimate of drug-likeness (QED) is 0.600. The van der Waals surface area contributed by atoms with Crippen LogP contribution in [0.3, 0.4) is 0 Å². The van der Waals surface area contributed by atoms with E-state index in [-0.39, 0.29) is 11.9 Å². The Morgan fingerprint density at radius 3 is 3.15 bits per heavy atom. The highest BCUT2D eigenvalue weighted by Crippen LogP contribution is 2.05. The lowest BCUT2D eigenvalue weighted by molar-refractivity contribution is -0.142. The molecule has 0 saturated carbocycles. The van der Waals surface area contributed by atoms with Crippen molar-refractivity contribution in [3.63, 3.8) is 0 Å². The molecule has 1 heterocycles. The fraction of sp³-hybridized carbons (Fsp3) is 0.875. The zero-order chi connectivity index (χ0) is 9.68. The lowest BCUT2D eigenvalue weighted by Crippen LogP contribution is -2.53. The van der Waals surface area contributed by atoms with Crippen molar-refractivity contribution in [2.45, 2.75) is 13.0 Å². The first-order valence-corrected chi connectivity index (χ1v) is 4.44. The van der Waals surface area contributed by atoms with E-state index in [2.05, 4.69) is 15.2 Å². The summed E-state index contributed by atoms with van der Waals surface area (Å²) in [6, 6.07) is -0.210. The van der Waals surface area contributed by atoms with Gasteiger partial charge in [0.05, 0.1) is 20.3 Å². The smallest absolute Gasteiger partial charge is 0.263 e. The molecule has 0 aromatic carbocycles. The van der Waals surface area contributed by atoms with E-state index < -0.39 is 0 Å². The number of hydrogen-bond donors (Lipinski definition) is 1. The van der Waals surface area contributed by atoms with Gasteiger partial charge in [0.2, 0.25) is 0 Å². The zero-order valence-corrected chi connectivity index (χ0v) is 8.08. The van der Waals surface area contributed by atoms with Gasteiger partial charge in [-0.25, -0.2) is 5.48 Å². The summed E-state index contributed by atoms with van der Waals surface area (Å²) in [5.74, 6) is -0.135. The number of amides is 1. The predicted octanol–water partition coefficient (Wildman–Crippen LogP) is -0.615. The molecule has 5 heteroatoms. The van der Waals surface area contributed by atoms with Crippen LogP contribution in [0.25, 0.3) is 0 Å². The van der Waals surface area contributed by atoms with Gasteiger partial charge >= 0.3 is 0 Å². The Morgan fingerprint density at radius 1 is 1.77 bits per heavy atom. The van der Waals surface area contributed by atoms with Gasteiger partial charge in [-0.05, 0) is 6.54 Å². The molecule has 1 atom stereocenters. The lowest BCUT2D eigenvalue weighted by atomic mass is 10.2. The molecule has 5 nitrogen and oxygen atoms in total. The molecule has 1 rings (SSSR count). The summed E-state index contributed by atoms with van der Waals surface area (Å²) < 4.78 is 5.22. The molecular weight excluding hydrogens is 172 g/mol. The summed E-state index contributed by atoms with van der Waals surface area (Å²) in [6.45, 7) is 4.83. The molecule has 1 amide bonds. The van der Waals surface area contributed by atoms with Crippen LogP contribution in [0.15, 0.2) is 0 Å². The minimum absolute atomic E-state index is 0.135. The van der Waals surface area contributed by atoms with Crippen molar-refractivity contribution in [2.24, 2.45) is 0 Å². The molecule has 0 aliphatic carbocycles. The number of nitrogens with zero attached hydrogens (tertiary/aromatic N) is 1. The van der Waals surface area contributed by atoms with Gasteiger partial charge in [0.1, 0.15) is 6.04 Å². The third-order valence-electron chi connectivity index (χ3n) is 2.15. The van der Waals surface area contributed by atoms with Crippen LogP contribution in [-0.2, 0) is 14.4 Å². The van der Waals surface area contributed by atoms with E-state index >= 15 is 0 Å². The first-order valence-electron chi connectivity index (χ1n) is 4.44. The van der Waals surface area contributed by atoms with Gasteiger partial charge in [-0.2, -0.15) is 0 Å². The van der Waals surface area contributed by atoms with Gasteiger partial charge in [0.25, 0.3) is 5.91 Å². The van der Waals surface area contributed by atoms with Gasteiger partial charge < -0.3 is 4.74 Å².